The number of ether oxygens (including phenoxy) is 1. The SMILES string of the molecule is CC(NC1CN(C(=O)OC(C)(C)C)C1)c1ccccc1[N+](=O)[O-]. The molecule has 1 heterocycles. The van der Waals surface area contributed by atoms with E-state index in [9.17, 15) is 14.9 Å². The highest BCUT2D eigenvalue weighted by molar-refractivity contribution is 5.69. The van der Waals surface area contributed by atoms with Crippen molar-refractivity contribution in [3.8, 4) is 0 Å². The molecular formula is C16H23N3O4. The van der Waals surface area contributed by atoms with Crippen LogP contribution in [0.25, 0.3) is 0 Å². The topological polar surface area (TPSA) is 84.7 Å². The predicted octanol–water partition coefficient (Wildman–Crippen LogP) is 2.86. The summed E-state index contributed by atoms with van der Waals surface area (Å²) in [6.07, 6.45) is -0.325. The van der Waals surface area contributed by atoms with Crippen LogP contribution in [0.2, 0.25) is 0 Å². The highest BCUT2D eigenvalue weighted by atomic mass is 16.6. The molecule has 2 rings (SSSR count). The molecule has 7 nitrogen and oxygen atoms in total. The molecule has 0 aliphatic carbocycles. The second-order valence-electron chi connectivity index (χ2n) is 6.79. The van der Waals surface area contributed by atoms with Crippen molar-refractivity contribution in [2.45, 2.75) is 45.4 Å². The highest BCUT2D eigenvalue weighted by Crippen LogP contribution is 2.26. The van der Waals surface area contributed by atoms with Gasteiger partial charge in [0.2, 0.25) is 0 Å². The van der Waals surface area contributed by atoms with Crippen LogP contribution in [0.3, 0.4) is 0 Å². The van der Waals surface area contributed by atoms with Crippen LogP contribution in [0.1, 0.15) is 39.3 Å². The van der Waals surface area contributed by atoms with Crippen molar-refractivity contribution < 1.29 is 14.5 Å². The first kappa shape index (κ1) is 17.2. The minimum Gasteiger partial charge on any atom is -0.444 e. The Morgan fingerprint density at radius 2 is 2.00 bits per heavy atom. The van der Waals surface area contributed by atoms with Crippen LogP contribution < -0.4 is 5.32 Å². The number of likely N-dealkylation sites (tertiary alicyclic amines) is 1. The molecule has 23 heavy (non-hydrogen) atoms. The van der Waals surface area contributed by atoms with Gasteiger partial charge in [-0.3, -0.25) is 10.1 Å². The Balaban J connectivity index is 1.89. The Kier molecular flexibility index (Phi) is 4.89. The number of nitro groups is 1. The smallest absolute Gasteiger partial charge is 0.410 e. The fraction of sp³-hybridized carbons (Fsp3) is 0.562. The van der Waals surface area contributed by atoms with Crippen LogP contribution in [-0.4, -0.2) is 40.6 Å². The molecule has 0 radical (unpaired) electrons. The lowest BCUT2D eigenvalue weighted by atomic mass is 10.0. The molecule has 0 saturated carbocycles. The fourth-order valence-corrected chi connectivity index (χ4v) is 2.52. The van der Waals surface area contributed by atoms with E-state index in [1.54, 1.807) is 23.1 Å². The monoisotopic (exact) mass is 321 g/mol. The Morgan fingerprint density at radius 1 is 1.39 bits per heavy atom. The van der Waals surface area contributed by atoms with E-state index in [1.807, 2.05) is 27.7 Å². The lowest BCUT2D eigenvalue weighted by Gasteiger charge is -2.41. The lowest BCUT2D eigenvalue weighted by Crippen LogP contribution is -2.60. The van der Waals surface area contributed by atoms with Gasteiger partial charge >= 0.3 is 6.09 Å². The molecule has 0 spiro atoms. The van der Waals surface area contributed by atoms with Gasteiger partial charge in [0, 0.05) is 36.8 Å². The third-order valence-electron chi connectivity index (χ3n) is 3.62. The van der Waals surface area contributed by atoms with Gasteiger partial charge < -0.3 is 15.0 Å². The summed E-state index contributed by atoms with van der Waals surface area (Å²) in [5.41, 5.74) is 0.247. The maximum atomic E-state index is 11.9. The third-order valence-corrected chi connectivity index (χ3v) is 3.62. The summed E-state index contributed by atoms with van der Waals surface area (Å²) < 4.78 is 5.30. The zero-order valence-corrected chi connectivity index (χ0v) is 13.9. The van der Waals surface area contributed by atoms with Crippen LogP contribution in [0.15, 0.2) is 24.3 Å². The van der Waals surface area contributed by atoms with Crippen molar-refractivity contribution in [2.75, 3.05) is 13.1 Å². The normalized spacial score (nSPS) is 16.6. The highest BCUT2D eigenvalue weighted by Gasteiger charge is 2.34. The largest absolute Gasteiger partial charge is 0.444 e. The maximum Gasteiger partial charge on any atom is 0.410 e. The fourth-order valence-electron chi connectivity index (χ4n) is 2.52. The average molecular weight is 321 g/mol. The molecular weight excluding hydrogens is 298 g/mol. The zero-order chi connectivity index (χ0) is 17.2. The molecule has 1 N–H and O–H groups in total. The van der Waals surface area contributed by atoms with Crippen LogP contribution in [0.5, 0.6) is 0 Å². The Morgan fingerprint density at radius 3 is 2.57 bits per heavy atom. The van der Waals surface area contributed by atoms with Gasteiger partial charge in [-0.05, 0) is 27.7 Å². The minimum atomic E-state index is -0.506. The number of hydrogen-bond donors (Lipinski definition) is 1. The number of benzene rings is 1. The summed E-state index contributed by atoms with van der Waals surface area (Å²) in [7, 11) is 0. The second kappa shape index (κ2) is 6.54. The van der Waals surface area contributed by atoms with Gasteiger partial charge in [0.05, 0.1) is 4.92 Å². The molecule has 1 aromatic rings. The number of nitro benzene ring substituents is 1. The third kappa shape index (κ3) is 4.41. The minimum absolute atomic E-state index is 0.107. The average Bonchev–Trinajstić information content (AvgIpc) is 2.39. The zero-order valence-electron chi connectivity index (χ0n) is 13.9. The molecule has 1 unspecified atom stereocenters. The lowest BCUT2D eigenvalue weighted by molar-refractivity contribution is -0.385. The van der Waals surface area contributed by atoms with Crippen molar-refractivity contribution >= 4 is 11.8 Å². The van der Waals surface area contributed by atoms with Crippen LogP contribution in [0.4, 0.5) is 10.5 Å². The molecule has 1 saturated heterocycles. The van der Waals surface area contributed by atoms with Crippen molar-refractivity contribution in [2.24, 2.45) is 0 Å². The second-order valence-corrected chi connectivity index (χ2v) is 6.79. The first-order chi connectivity index (χ1) is 10.7. The van der Waals surface area contributed by atoms with Gasteiger partial charge in [-0.15, -0.1) is 0 Å². The molecule has 1 aliphatic heterocycles. The van der Waals surface area contributed by atoms with Crippen LogP contribution in [-0.2, 0) is 4.74 Å². The maximum absolute atomic E-state index is 11.9. The molecule has 0 aromatic heterocycles. The summed E-state index contributed by atoms with van der Waals surface area (Å²) in [6.45, 7) is 8.46. The number of hydrogen-bond acceptors (Lipinski definition) is 5. The van der Waals surface area contributed by atoms with E-state index in [4.69, 9.17) is 4.74 Å². The summed E-state index contributed by atoms with van der Waals surface area (Å²) in [5, 5.41) is 14.4. The van der Waals surface area contributed by atoms with E-state index in [0.29, 0.717) is 18.7 Å². The predicted molar refractivity (Wildman–Crippen MR) is 86.2 cm³/mol. The Bertz CT molecular complexity index is 591. The number of nitrogens with one attached hydrogen (secondary N) is 1. The standard InChI is InChI=1S/C16H23N3O4/c1-11(13-7-5-6-8-14(13)19(21)22)17-12-9-18(10-12)15(20)23-16(2,3)4/h5-8,11-12,17H,9-10H2,1-4H3. The quantitative estimate of drug-likeness (QED) is 0.681. The Hall–Kier alpha value is -2.15. The molecule has 1 aliphatic rings. The van der Waals surface area contributed by atoms with E-state index >= 15 is 0 Å². The van der Waals surface area contributed by atoms with Crippen LogP contribution >= 0.6 is 0 Å². The molecule has 1 amide bonds. The molecule has 1 fully saturated rings. The van der Waals surface area contributed by atoms with E-state index in [2.05, 4.69) is 5.32 Å². The molecule has 0 bridgehead atoms. The molecule has 1 atom stereocenters. The van der Waals surface area contributed by atoms with E-state index in [0.717, 1.165) is 0 Å². The van der Waals surface area contributed by atoms with Crippen molar-refractivity contribution in [1.29, 1.82) is 0 Å². The van der Waals surface area contributed by atoms with Crippen molar-refractivity contribution in [3.05, 3.63) is 39.9 Å². The van der Waals surface area contributed by atoms with Gasteiger partial charge in [0.1, 0.15) is 5.60 Å². The summed E-state index contributed by atoms with van der Waals surface area (Å²) >= 11 is 0. The van der Waals surface area contributed by atoms with Gasteiger partial charge in [0.25, 0.3) is 5.69 Å². The van der Waals surface area contributed by atoms with Crippen molar-refractivity contribution in [1.82, 2.24) is 10.2 Å². The van der Waals surface area contributed by atoms with Crippen LogP contribution in [0, 0.1) is 10.1 Å². The van der Waals surface area contributed by atoms with Gasteiger partial charge in [-0.1, -0.05) is 18.2 Å². The molecule has 7 heteroatoms. The first-order valence-corrected chi connectivity index (χ1v) is 7.64. The van der Waals surface area contributed by atoms with E-state index in [-0.39, 0.29) is 28.8 Å². The summed E-state index contributed by atoms with van der Waals surface area (Å²) in [5.74, 6) is 0. The molecule has 126 valence electrons. The number of carbonyl (C=O) groups excluding carboxylic acids is 1. The number of carbonyl (C=O) groups is 1. The summed E-state index contributed by atoms with van der Waals surface area (Å²) in [4.78, 5) is 24.2. The number of rotatable bonds is 4. The van der Waals surface area contributed by atoms with E-state index < -0.39 is 5.60 Å². The van der Waals surface area contributed by atoms with E-state index in [1.165, 1.54) is 6.07 Å². The Labute approximate surface area is 135 Å². The first-order valence-electron chi connectivity index (χ1n) is 7.64. The molecule has 1 aromatic carbocycles. The van der Waals surface area contributed by atoms with Gasteiger partial charge in [-0.2, -0.15) is 0 Å². The number of amides is 1. The number of para-hydroxylation sites is 1. The van der Waals surface area contributed by atoms with Gasteiger partial charge in [-0.25, -0.2) is 4.79 Å². The van der Waals surface area contributed by atoms with Gasteiger partial charge in [0.15, 0.2) is 0 Å². The summed E-state index contributed by atoms with van der Waals surface area (Å²) in [6, 6.07) is 6.64. The van der Waals surface area contributed by atoms with Crippen molar-refractivity contribution in [3.63, 3.8) is 0 Å². The number of nitrogens with zero attached hydrogens (tertiary/aromatic N) is 2.